The van der Waals surface area contributed by atoms with Gasteiger partial charge in [0.15, 0.2) is 0 Å². The van der Waals surface area contributed by atoms with E-state index < -0.39 is 5.60 Å². The normalized spacial score (nSPS) is 17.3. The molecule has 1 unspecified atom stereocenters. The second-order valence-electron chi connectivity index (χ2n) is 3.29. The molecule has 0 aromatic carbocycles. The Bertz CT molecular complexity index is 154. The van der Waals surface area contributed by atoms with E-state index in [9.17, 15) is 5.11 Å². The van der Waals surface area contributed by atoms with Crippen LogP contribution in [0, 0.1) is 0 Å². The molecule has 1 heteroatoms. The molecule has 0 saturated heterocycles. The third-order valence-electron chi connectivity index (χ3n) is 1.87. The average molecular weight is 168 g/mol. The first-order valence-corrected chi connectivity index (χ1v) is 4.69. The lowest BCUT2D eigenvalue weighted by atomic mass is 10.0. The molecular formula is C11H20O. The predicted octanol–water partition coefficient (Wildman–Crippen LogP) is 3.06. The Hall–Kier alpha value is -0.560. The van der Waals surface area contributed by atoms with Crippen molar-refractivity contribution in [3.63, 3.8) is 0 Å². The van der Waals surface area contributed by atoms with Crippen molar-refractivity contribution < 1.29 is 5.11 Å². The molecule has 0 saturated carbocycles. The SMILES string of the molecule is CCC/C=C/C=C/C(C)(O)CC. The van der Waals surface area contributed by atoms with Crippen molar-refractivity contribution in [1.29, 1.82) is 0 Å². The summed E-state index contributed by atoms with van der Waals surface area (Å²) in [6, 6.07) is 0. The van der Waals surface area contributed by atoms with E-state index in [0.29, 0.717) is 0 Å². The van der Waals surface area contributed by atoms with Crippen molar-refractivity contribution in [3.8, 4) is 0 Å². The van der Waals surface area contributed by atoms with Crippen LogP contribution in [0.25, 0.3) is 0 Å². The maximum Gasteiger partial charge on any atom is 0.0800 e. The summed E-state index contributed by atoms with van der Waals surface area (Å²) in [5.41, 5.74) is -0.642. The zero-order valence-electron chi connectivity index (χ0n) is 8.38. The first kappa shape index (κ1) is 11.4. The molecule has 0 aromatic rings. The molecule has 0 rings (SSSR count). The molecule has 70 valence electrons. The van der Waals surface area contributed by atoms with Crippen LogP contribution in [0.4, 0.5) is 0 Å². The van der Waals surface area contributed by atoms with E-state index in [0.717, 1.165) is 12.8 Å². The molecule has 0 aromatic heterocycles. The van der Waals surface area contributed by atoms with Crippen LogP contribution in [0.15, 0.2) is 24.3 Å². The van der Waals surface area contributed by atoms with Crippen molar-refractivity contribution >= 4 is 0 Å². The molecule has 0 radical (unpaired) electrons. The third kappa shape index (κ3) is 6.17. The van der Waals surface area contributed by atoms with Gasteiger partial charge < -0.3 is 5.11 Å². The maximum atomic E-state index is 9.56. The van der Waals surface area contributed by atoms with Crippen LogP contribution in [-0.2, 0) is 0 Å². The molecule has 0 aliphatic heterocycles. The summed E-state index contributed by atoms with van der Waals surface area (Å²) in [5.74, 6) is 0. The Morgan fingerprint density at radius 1 is 1.25 bits per heavy atom. The van der Waals surface area contributed by atoms with Crippen molar-refractivity contribution in [2.24, 2.45) is 0 Å². The fourth-order valence-corrected chi connectivity index (χ4v) is 0.722. The molecule has 0 fully saturated rings. The highest BCUT2D eigenvalue weighted by Gasteiger charge is 2.10. The van der Waals surface area contributed by atoms with E-state index in [1.807, 2.05) is 32.1 Å². The lowest BCUT2D eigenvalue weighted by Crippen LogP contribution is -2.18. The lowest BCUT2D eigenvalue weighted by molar-refractivity contribution is 0.108. The van der Waals surface area contributed by atoms with Crippen LogP contribution in [0.1, 0.15) is 40.0 Å². The Labute approximate surface area is 75.8 Å². The van der Waals surface area contributed by atoms with Gasteiger partial charge in [0, 0.05) is 0 Å². The topological polar surface area (TPSA) is 20.2 Å². The van der Waals surface area contributed by atoms with Gasteiger partial charge in [0.1, 0.15) is 0 Å². The molecule has 0 heterocycles. The van der Waals surface area contributed by atoms with Gasteiger partial charge in [0.05, 0.1) is 5.60 Å². The molecule has 1 atom stereocenters. The molecule has 0 aliphatic carbocycles. The second-order valence-corrected chi connectivity index (χ2v) is 3.29. The van der Waals surface area contributed by atoms with E-state index in [1.54, 1.807) is 0 Å². The van der Waals surface area contributed by atoms with Crippen molar-refractivity contribution in [3.05, 3.63) is 24.3 Å². The van der Waals surface area contributed by atoms with Gasteiger partial charge in [-0.05, 0) is 19.8 Å². The minimum atomic E-state index is -0.642. The molecule has 0 bridgehead atoms. The summed E-state index contributed by atoms with van der Waals surface area (Å²) in [6.07, 6.45) is 10.9. The van der Waals surface area contributed by atoms with Crippen LogP contribution >= 0.6 is 0 Å². The third-order valence-corrected chi connectivity index (χ3v) is 1.87. The first-order valence-electron chi connectivity index (χ1n) is 4.69. The number of rotatable bonds is 5. The zero-order chi connectivity index (χ0) is 9.45. The lowest BCUT2D eigenvalue weighted by Gasteiger charge is -2.14. The molecule has 0 spiro atoms. The van der Waals surface area contributed by atoms with Crippen LogP contribution in [0.2, 0.25) is 0 Å². The number of unbranched alkanes of at least 4 members (excludes halogenated alkanes) is 1. The van der Waals surface area contributed by atoms with Crippen LogP contribution in [-0.4, -0.2) is 10.7 Å². The second kappa shape index (κ2) is 6.01. The number of aliphatic hydroxyl groups is 1. The van der Waals surface area contributed by atoms with Gasteiger partial charge in [0.2, 0.25) is 0 Å². The van der Waals surface area contributed by atoms with Crippen LogP contribution in [0.3, 0.4) is 0 Å². The highest BCUT2D eigenvalue weighted by molar-refractivity contribution is 5.08. The monoisotopic (exact) mass is 168 g/mol. The Kier molecular flexibility index (Phi) is 5.73. The number of hydrogen-bond donors (Lipinski definition) is 1. The van der Waals surface area contributed by atoms with E-state index in [-0.39, 0.29) is 0 Å². The van der Waals surface area contributed by atoms with Crippen LogP contribution < -0.4 is 0 Å². The van der Waals surface area contributed by atoms with Crippen molar-refractivity contribution in [2.75, 3.05) is 0 Å². The Balaban J connectivity index is 3.75. The van der Waals surface area contributed by atoms with E-state index in [1.165, 1.54) is 6.42 Å². The summed E-state index contributed by atoms with van der Waals surface area (Å²) in [7, 11) is 0. The van der Waals surface area contributed by atoms with Gasteiger partial charge in [-0.15, -0.1) is 0 Å². The average Bonchev–Trinajstić information content (AvgIpc) is 2.04. The molecule has 1 nitrogen and oxygen atoms in total. The van der Waals surface area contributed by atoms with Crippen LogP contribution in [0.5, 0.6) is 0 Å². The fraction of sp³-hybridized carbons (Fsp3) is 0.636. The summed E-state index contributed by atoms with van der Waals surface area (Å²) < 4.78 is 0. The van der Waals surface area contributed by atoms with Crippen molar-refractivity contribution in [1.82, 2.24) is 0 Å². The minimum Gasteiger partial charge on any atom is -0.386 e. The quantitative estimate of drug-likeness (QED) is 0.625. The minimum absolute atomic E-state index is 0.642. The fourth-order valence-electron chi connectivity index (χ4n) is 0.722. The summed E-state index contributed by atoms with van der Waals surface area (Å²) in [5, 5.41) is 9.56. The van der Waals surface area contributed by atoms with Gasteiger partial charge in [-0.25, -0.2) is 0 Å². The van der Waals surface area contributed by atoms with Gasteiger partial charge in [-0.2, -0.15) is 0 Å². The predicted molar refractivity (Wildman–Crippen MR) is 54.1 cm³/mol. The molecule has 1 N–H and O–H groups in total. The molecule has 12 heavy (non-hydrogen) atoms. The zero-order valence-corrected chi connectivity index (χ0v) is 8.38. The van der Waals surface area contributed by atoms with E-state index >= 15 is 0 Å². The summed E-state index contributed by atoms with van der Waals surface area (Å²) in [6.45, 7) is 5.94. The van der Waals surface area contributed by atoms with E-state index in [4.69, 9.17) is 0 Å². The first-order chi connectivity index (χ1) is 5.62. The Morgan fingerprint density at radius 3 is 2.42 bits per heavy atom. The van der Waals surface area contributed by atoms with Crippen molar-refractivity contribution in [2.45, 2.75) is 45.6 Å². The molecule has 0 amide bonds. The smallest absolute Gasteiger partial charge is 0.0800 e. The number of allylic oxidation sites excluding steroid dienone is 3. The van der Waals surface area contributed by atoms with Gasteiger partial charge in [-0.3, -0.25) is 0 Å². The largest absolute Gasteiger partial charge is 0.386 e. The summed E-state index contributed by atoms with van der Waals surface area (Å²) in [4.78, 5) is 0. The van der Waals surface area contributed by atoms with Gasteiger partial charge >= 0.3 is 0 Å². The van der Waals surface area contributed by atoms with Gasteiger partial charge in [0.25, 0.3) is 0 Å². The van der Waals surface area contributed by atoms with Gasteiger partial charge in [-0.1, -0.05) is 44.6 Å². The number of hydrogen-bond acceptors (Lipinski definition) is 1. The standard InChI is InChI=1S/C11H20O/c1-4-6-7-8-9-10-11(3,12)5-2/h7-10,12H,4-6H2,1-3H3/b8-7+,10-9+. The Morgan fingerprint density at radius 2 is 1.92 bits per heavy atom. The highest BCUT2D eigenvalue weighted by atomic mass is 16.3. The molecule has 0 aliphatic rings. The maximum absolute atomic E-state index is 9.56. The highest BCUT2D eigenvalue weighted by Crippen LogP contribution is 2.09. The van der Waals surface area contributed by atoms with E-state index in [2.05, 4.69) is 13.0 Å². The molecular weight excluding hydrogens is 148 g/mol. The summed E-state index contributed by atoms with van der Waals surface area (Å²) >= 11 is 0.